The Bertz CT molecular complexity index is 483. The summed E-state index contributed by atoms with van der Waals surface area (Å²) in [5.41, 5.74) is 2.39. The highest BCUT2D eigenvalue weighted by molar-refractivity contribution is 5.47. The number of imidazole rings is 1. The van der Waals surface area contributed by atoms with Crippen LogP contribution in [0.2, 0.25) is 0 Å². The lowest BCUT2D eigenvalue weighted by atomic mass is 10.2. The topological polar surface area (TPSA) is 26.5 Å². The molecule has 0 radical (unpaired) electrons. The van der Waals surface area contributed by atoms with E-state index in [-0.39, 0.29) is 6.10 Å². The molecule has 3 nitrogen and oxygen atoms in total. The maximum absolute atomic E-state index is 5.66. The van der Waals surface area contributed by atoms with Gasteiger partial charge in [0.25, 0.3) is 0 Å². The van der Waals surface area contributed by atoms with Crippen molar-refractivity contribution in [3.63, 3.8) is 0 Å². The molecule has 1 saturated heterocycles. The van der Waals surface area contributed by atoms with Crippen LogP contribution < -0.4 is 0 Å². The van der Waals surface area contributed by atoms with Gasteiger partial charge >= 0.3 is 0 Å². The molecule has 2 aromatic rings. The summed E-state index contributed by atoms with van der Waals surface area (Å²) in [5.74, 6) is 1.05. The molecule has 3 heteroatoms. The van der Waals surface area contributed by atoms with Crippen molar-refractivity contribution >= 4 is 5.52 Å². The van der Waals surface area contributed by atoms with E-state index < -0.39 is 0 Å². The van der Waals surface area contributed by atoms with Crippen LogP contribution in [0.5, 0.6) is 0 Å². The van der Waals surface area contributed by atoms with Gasteiger partial charge in [0.2, 0.25) is 0 Å². The lowest BCUT2D eigenvalue weighted by Crippen LogP contribution is -2.02. The number of pyridine rings is 1. The molecule has 3 heterocycles. The number of hydrogen-bond donors (Lipinski definition) is 0. The minimum atomic E-state index is 0.189. The zero-order valence-electron chi connectivity index (χ0n) is 8.81. The lowest BCUT2D eigenvalue weighted by molar-refractivity contribution is 0.104. The van der Waals surface area contributed by atoms with Crippen LogP contribution in [0.4, 0.5) is 0 Å². The van der Waals surface area contributed by atoms with E-state index in [1.807, 2.05) is 6.20 Å². The van der Waals surface area contributed by atoms with Crippen molar-refractivity contribution in [2.45, 2.75) is 25.9 Å². The lowest BCUT2D eigenvalue weighted by Gasteiger charge is -2.08. The molecule has 0 aromatic carbocycles. The Kier molecular flexibility index (Phi) is 1.99. The maximum Gasteiger partial charge on any atom is 0.142 e. The van der Waals surface area contributed by atoms with Gasteiger partial charge in [-0.2, -0.15) is 0 Å². The molecule has 0 amide bonds. The first-order valence-corrected chi connectivity index (χ1v) is 5.40. The van der Waals surface area contributed by atoms with Crippen LogP contribution in [-0.2, 0) is 4.74 Å². The minimum Gasteiger partial charge on any atom is -0.370 e. The van der Waals surface area contributed by atoms with Gasteiger partial charge in [-0.3, -0.25) is 0 Å². The van der Waals surface area contributed by atoms with E-state index in [0.29, 0.717) is 0 Å². The molecule has 1 aliphatic rings. The number of nitrogens with zero attached hydrogens (tertiary/aromatic N) is 2. The Morgan fingerprint density at radius 2 is 2.40 bits per heavy atom. The molecule has 1 unspecified atom stereocenters. The van der Waals surface area contributed by atoms with E-state index in [1.54, 1.807) is 0 Å². The molecular formula is C12H14N2O. The van der Waals surface area contributed by atoms with Crippen LogP contribution in [0.15, 0.2) is 24.5 Å². The summed E-state index contributed by atoms with van der Waals surface area (Å²) in [6.07, 6.45) is 6.46. The van der Waals surface area contributed by atoms with Crippen molar-refractivity contribution in [1.29, 1.82) is 0 Å². The maximum atomic E-state index is 5.66. The van der Waals surface area contributed by atoms with Gasteiger partial charge < -0.3 is 9.14 Å². The fraction of sp³-hybridized carbons (Fsp3) is 0.417. The number of ether oxygens (including phenoxy) is 1. The Morgan fingerprint density at radius 1 is 1.47 bits per heavy atom. The third-order valence-corrected chi connectivity index (χ3v) is 2.92. The number of fused-ring (bicyclic) bond motifs is 1. The smallest absolute Gasteiger partial charge is 0.142 e. The summed E-state index contributed by atoms with van der Waals surface area (Å²) in [6, 6.07) is 4.21. The van der Waals surface area contributed by atoms with Gasteiger partial charge in [-0.05, 0) is 31.4 Å². The van der Waals surface area contributed by atoms with Crippen molar-refractivity contribution in [3.8, 4) is 0 Å². The Morgan fingerprint density at radius 3 is 3.20 bits per heavy atom. The molecule has 0 saturated carbocycles. The Balaban J connectivity index is 2.13. The third kappa shape index (κ3) is 1.43. The van der Waals surface area contributed by atoms with Gasteiger partial charge in [0, 0.05) is 12.8 Å². The van der Waals surface area contributed by atoms with Crippen LogP contribution in [0, 0.1) is 6.92 Å². The van der Waals surface area contributed by atoms with Crippen molar-refractivity contribution in [2.75, 3.05) is 6.61 Å². The molecule has 3 rings (SSSR count). The molecule has 2 aromatic heterocycles. The normalized spacial score (nSPS) is 21.3. The van der Waals surface area contributed by atoms with Crippen molar-refractivity contribution < 1.29 is 4.74 Å². The van der Waals surface area contributed by atoms with Gasteiger partial charge in [0.15, 0.2) is 0 Å². The minimum absolute atomic E-state index is 0.189. The van der Waals surface area contributed by atoms with E-state index in [1.165, 1.54) is 5.56 Å². The first-order valence-electron chi connectivity index (χ1n) is 5.40. The molecule has 78 valence electrons. The first kappa shape index (κ1) is 8.92. The number of aromatic nitrogens is 2. The predicted octanol–water partition coefficient (Wildman–Crippen LogP) is 2.49. The van der Waals surface area contributed by atoms with E-state index in [9.17, 15) is 0 Å². The highest BCUT2D eigenvalue weighted by atomic mass is 16.5. The van der Waals surface area contributed by atoms with Crippen LogP contribution in [-0.4, -0.2) is 16.0 Å². The average Bonchev–Trinajstić information content (AvgIpc) is 2.83. The van der Waals surface area contributed by atoms with Crippen LogP contribution in [0.3, 0.4) is 0 Å². The van der Waals surface area contributed by atoms with E-state index in [4.69, 9.17) is 4.74 Å². The molecule has 1 atom stereocenters. The average molecular weight is 202 g/mol. The summed E-state index contributed by atoms with van der Waals surface area (Å²) in [4.78, 5) is 4.46. The number of rotatable bonds is 1. The van der Waals surface area contributed by atoms with Gasteiger partial charge in [0.1, 0.15) is 11.9 Å². The second-order valence-electron chi connectivity index (χ2n) is 4.12. The monoisotopic (exact) mass is 202 g/mol. The number of hydrogen-bond acceptors (Lipinski definition) is 2. The zero-order chi connectivity index (χ0) is 10.3. The largest absolute Gasteiger partial charge is 0.370 e. The highest BCUT2D eigenvalue weighted by Crippen LogP contribution is 2.28. The van der Waals surface area contributed by atoms with Gasteiger partial charge in [-0.25, -0.2) is 4.98 Å². The molecule has 0 bridgehead atoms. The quantitative estimate of drug-likeness (QED) is 0.710. The molecule has 1 aliphatic heterocycles. The number of aryl methyl sites for hydroxylation is 1. The van der Waals surface area contributed by atoms with Crippen LogP contribution in [0.25, 0.3) is 5.52 Å². The highest BCUT2D eigenvalue weighted by Gasteiger charge is 2.21. The Hall–Kier alpha value is -1.35. The van der Waals surface area contributed by atoms with Gasteiger partial charge in [-0.15, -0.1) is 0 Å². The standard InChI is InChI=1S/C12H14N2O/c1-9-4-5-10-7-13-12(14(10)8-9)11-3-2-6-15-11/h4-5,7-8,11H,2-3,6H2,1H3. The molecule has 0 spiro atoms. The van der Waals surface area contributed by atoms with Crippen molar-refractivity contribution in [2.24, 2.45) is 0 Å². The zero-order valence-corrected chi connectivity index (χ0v) is 8.81. The van der Waals surface area contributed by atoms with Gasteiger partial charge in [0.05, 0.1) is 11.7 Å². The van der Waals surface area contributed by atoms with Crippen LogP contribution >= 0.6 is 0 Å². The summed E-state index contributed by atoms with van der Waals surface area (Å²) in [5, 5.41) is 0. The second-order valence-corrected chi connectivity index (χ2v) is 4.12. The third-order valence-electron chi connectivity index (χ3n) is 2.92. The summed E-state index contributed by atoms with van der Waals surface area (Å²) < 4.78 is 7.81. The summed E-state index contributed by atoms with van der Waals surface area (Å²) >= 11 is 0. The molecule has 1 fully saturated rings. The second kappa shape index (κ2) is 3.35. The predicted molar refractivity (Wildman–Crippen MR) is 57.9 cm³/mol. The Labute approximate surface area is 88.7 Å². The molecular weight excluding hydrogens is 188 g/mol. The summed E-state index contributed by atoms with van der Waals surface area (Å²) in [6.45, 7) is 2.96. The first-order chi connectivity index (χ1) is 7.34. The van der Waals surface area contributed by atoms with Gasteiger partial charge in [-0.1, -0.05) is 6.07 Å². The van der Waals surface area contributed by atoms with Crippen molar-refractivity contribution in [3.05, 3.63) is 35.9 Å². The fourth-order valence-corrected chi connectivity index (χ4v) is 2.14. The van der Waals surface area contributed by atoms with Crippen LogP contribution in [0.1, 0.15) is 30.3 Å². The van der Waals surface area contributed by atoms with E-state index in [2.05, 4.69) is 34.6 Å². The fourth-order valence-electron chi connectivity index (χ4n) is 2.14. The van der Waals surface area contributed by atoms with E-state index >= 15 is 0 Å². The summed E-state index contributed by atoms with van der Waals surface area (Å²) in [7, 11) is 0. The van der Waals surface area contributed by atoms with Crippen molar-refractivity contribution in [1.82, 2.24) is 9.38 Å². The van der Waals surface area contributed by atoms with E-state index in [0.717, 1.165) is 30.8 Å². The molecule has 0 aliphatic carbocycles. The molecule has 0 N–H and O–H groups in total. The molecule has 15 heavy (non-hydrogen) atoms. The SMILES string of the molecule is Cc1ccc2cnc(C3CCCO3)n2c1.